The highest BCUT2D eigenvalue weighted by atomic mass is 31.2. The van der Waals surface area contributed by atoms with Crippen LogP contribution in [0, 0.1) is 11.3 Å². The van der Waals surface area contributed by atoms with Gasteiger partial charge in [0.25, 0.3) is 0 Å². The molecule has 8 nitrogen and oxygen atoms in total. The van der Waals surface area contributed by atoms with Crippen molar-refractivity contribution in [1.29, 1.82) is 5.26 Å². The number of rotatable bonds is 25. The van der Waals surface area contributed by atoms with Gasteiger partial charge < -0.3 is 24.0 Å². The molecule has 1 rings (SSSR count). The quantitative estimate of drug-likeness (QED) is 0.0889. The summed E-state index contributed by atoms with van der Waals surface area (Å²) in [7, 11) is -1.72. The smallest absolute Gasteiger partial charge is 0.469 e. The average Bonchev–Trinajstić information content (AvgIpc) is 2.92. The Morgan fingerprint density at radius 3 is 1.54 bits per heavy atom. The molecule has 0 saturated carbocycles. The largest absolute Gasteiger partial charge is 0.495 e. The number of nitriles is 1. The fourth-order valence-corrected chi connectivity index (χ4v) is 5.07. The van der Waals surface area contributed by atoms with E-state index in [1.807, 2.05) is 6.07 Å². The van der Waals surface area contributed by atoms with Crippen LogP contribution in [0.3, 0.4) is 0 Å². The Balaban J connectivity index is 2.28. The molecule has 1 atom stereocenters. The lowest BCUT2D eigenvalue weighted by Crippen LogP contribution is -2.22. The first-order chi connectivity index (χ1) is 18.8. The van der Waals surface area contributed by atoms with Gasteiger partial charge in [-0.15, -0.1) is 0 Å². The summed E-state index contributed by atoms with van der Waals surface area (Å²) in [5, 5.41) is 9.37. The van der Waals surface area contributed by atoms with E-state index < -0.39 is 13.9 Å². The maximum atomic E-state index is 11.2. The number of methoxy groups -OCH3 is 2. The highest BCUT2D eigenvalue weighted by Gasteiger charge is 2.21. The van der Waals surface area contributed by atoms with Crippen LogP contribution in [0.2, 0.25) is 0 Å². The second kappa shape index (κ2) is 22.0. The maximum Gasteiger partial charge on any atom is 0.469 e. The minimum absolute atomic E-state index is 0.242. The molecule has 39 heavy (non-hydrogen) atoms. The van der Waals surface area contributed by atoms with Crippen LogP contribution in [0.15, 0.2) is 12.1 Å². The first kappa shape index (κ1) is 35.2. The van der Waals surface area contributed by atoms with E-state index in [2.05, 4.69) is 6.92 Å². The third-order valence-corrected chi connectivity index (χ3v) is 7.44. The lowest BCUT2D eigenvalue weighted by atomic mass is 10.0. The Morgan fingerprint density at radius 1 is 0.769 bits per heavy atom. The van der Waals surface area contributed by atoms with E-state index >= 15 is 0 Å². The van der Waals surface area contributed by atoms with Gasteiger partial charge in [-0.25, -0.2) is 4.57 Å². The van der Waals surface area contributed by atoms with Crippen LogP contribution in [-0.2, 0) is 9.09 Å². The summed E-state index contributed by atoms with van der Waals surface area (Å²) in [5.74, 6) is 0.993. The van der Waals surface area contributed by atoms with Crippen LogP contribution >= 0.6 is 7.82 Å². The van der Waals surface area contributed by atoms with Crippen LogP contribution in [0.1, 0.15) is 128 Å². The third-order valence-electron chi connectivity index (χ3n) is 6.95. The van der Waals surface area contributed by atoms with Gasteiger partial charge in [0.05, 0.1) is 20.8 Å². The van der Waals surface area contributed by atoms with Gasteiger partial charge in [0.15, 0.2) is 0 Å². The summed E-state index contributed by atoms with van der Waals surface area (Å²) >= 11 is 0. The minimum atomic E-state index is -4.62. The number of ether oxygens (including phenoxy) is 3. The zero-order valence-corrected chi connectivity index (χ0v) is 25.4. The Morgan fingerprint density at radius 2 is 1.18 bits per heavy atom. The van der Waals surface area contributed by atoms with Gasteiger partial charge in [0, 0.05) is 12.1 Å². The third kappa shape index (κ3) is 17.5. The second-order valence-electron chi connectivity index (χ2n) is 10.3. The van der Waals surface area contributed by atoms with E-state index in [1.165, 1.54) is 104 Å². The molecule has 2 N–H and O–H groups in total. The average molecular weight is 570 g/mol. The monoisotopic (exact) mass is 569 g/mol. The summed E-state index contributed by atoms with van der Waals surface area (Å²) < 4.78 is 32.5. The molecule has 0 saturated heterocycles. The lowest BCUT2D eigenvalue weighted by Gasteiger charge is -2.21. The first-order valence-electron chi connectivity index (χ1n) is 14.9. The maximum absolute atomic E-state index is 11.2. The van der Waals surface area contributed by atoms with Gasteiger partial charge in [-0.05, 0) is 12.8 Å². The van der Waals surface area contributed by atoms with Gasteiger partial charge in [0.2, 0.25) is 0 Å². The van der Waals surface area contributed by atoms with Crippen molar-refractivity contribution in [3.8, 4) is 23.3 Å². The van der Waals surface area contributed by atoms with E-state index in [0.717, 1.165) is 19.3 Å². The highest BCUT2D eigenvalue weighted by Crippen LogP contribution is 2.37. The molecule has 0 bridgehead atoms. The summed E-state index contributed by atoms with van der Waals surface area (Å²) in [6, 6.07) is 5.18. The van der Waals surface area contributed by atoms with Crippen molar-refractivity contribution in [3.05, 3.63) is 17.7 Å². The topological polar surface area (TPSA) is 118 Å². The Kier molecular flexibility index (Phi) is 19.9. The molecule has 0 aliphatic rings. The van der Waals surface area contributed by atoms with Gasteiger partial charge >= 0.3 is 7.82 Å². The second-order valence-corrected chi connectivity index (χ2v) is 11.5. The molecular weight excluding hydrogens is 517 g/mol. The van der Waals surface area contributed by atoms with Crippen molar-refractivity contribution in [2.24, 2.45) is 0 Å². The standard InChI is InChI=1S/C30H52NO7P/c1-4-5-6-7-8-9-10-11-12-13-14-15-16-17-18-19-20-21-26(25-37-39(32,33)34)38-27-22-29(35-2)28(24-31)30(23-27)36-3/h22-23,26H,4-21,25H2,1-3H3,(H2,32,33,34). The summed E-state index contributed by atoms with van der Waals surface area (Å²) in [5.41, 5.74) is 0.253. The molecule has 0 aliphatic heterocycles. The van der Waals surface area contributed by atoms with Crippen LogP contribution < -0.4 is 14.2 Å². The highest BCUT2D eigenvalue weighted by molar-refractivity contribution is 7.46. The van der Waals surface area contributed by atoms with Crippen molar-refractivity contribution < 1.29 is 33.1 Å². The van der Waals surface area contributed by atoms with E-state index in [4.69, 9.17) is 28.5 Å². The van der Waals surface area contributed by atoms with Crippen molar-refractivity contribution >= 4 is 7.82 Å². The number of hydrogen-bond donors (Lipinski definition) is 2. The summed E-state index contributed by atoms with van der Waals surface area (Å²) in [6.45, 7) is 2.02. The normalized spacial score (nSPS) is 12.2. The molecule has 0 fully saturated rings. The molecule has 0 aromatic heterocycles. The Hall–Kier alpha value is -1.78. The van der Waals surface area contributed by atoms with Gasteiger partial charge in [0.1, 0.15) is 35.0 Å². The summed E-state index contributed by atoms with van der Waals surface area (Å²) in [6.07, 6.45) is 21.9. The summed E-state index contributed by atoms with van der Waals surface area (Å²) in [4.78, 5) is 18.3. The molecule has 224 valence electrons. The van der Waals surface area contributed by atoms with Crippen molar-refractivity contribution in [2.45, 2.75) is 129 Å². The fraction of sp³-hybridized carbons (Fsp3) is 0.767. The number of nitrogens with zero attached hydrogens (tertiary/aromatic N) is 1. The van der Waals surface area contributed by atoms with Gasteiger partial charge in [-0.3, -0.25) is 4.52 Å². The van der Waals surface area contributed by atoms with E-state index in [0.29, 0.717) is 23.7 Å². The first-order valence-corrected chi connectivity index (χ1v) is 16.4. The molecule has 0 aliphatic carbocycles. The Bertz CT molecular complexity index is 827. The molecule has 0 heterocycles. The molecule has 1 aromatic rings. The Labute approximate surface area is 236 Å². The molecule has 0 spiro atoms. The van der Waals surface area contributed by atoms with Crippen LogP contribution in [-0.4, -0.2) is 36.7 Å². The van der Waals surface area contributed by atoms with Crippen molar-refractivity contribution in [3.63, 3.8) is 0 Å². The molecule has 0 radical (unpaired) electrons. The molecular formula is C30H52NO7P. The number of unbranched alkanes of at least 4 members (excludes halogenated alkanes) is 16. The number of hydrogen-bond acceptors (Lipinski definition) is 6. The molecule has 1 aromatic carbocycles. The van der Waals surface area contributed by atoms with Gasteiger partial charge in [-0.1, -0.05) is 110 Å². The van der Waals surface area contributed by atoms with Crippen molar-refractivity contribution in [1.82, 2.24) is 0 Å². The van der Waals surface area contributed by atoms with Crippen molar-refractivity contribution in [2.75, 3.05) is 20.8 Å². The van der Waals surface area contributed by atoms with E-state index in [1.54, 1.807) is 12.1 Å². The number of phosphoric acid groups is 1. The van der Waals surface area contributed by atoms with Crippen LogP contribution in [0.4, 0.5) is 0 Å². The predicted octanol–water partition coefficient (Wildman–Crippen LogP) is 8.47. The van der Waals surface area contributed by atoms with Crippen LogP contribution in [0.5, 0.6) is 17.2 Å². The SMILES string of the molecule is CCCCCCCCCCCCCCCCCCCC(COP(=O)(O)O)Oc1cc(OC)c(C#N)c(OC)c1. The zero-order valence-electron chi connectivity index (χ0n) is 24.5. The van der Waals surface area contributed by atoms with Gasteiger partial charge in [-0.2, -0.15) is 5.26 Å². The van der Waals surface area contributed by atoms with E-state index in [9.17, 15) is 9.83 Å². The van der Waals surface area contributed by atoms with Crippen LogP contribution in [0.25, 0.3) is 0 Å². The zero-order chi connectivity index (χ0) is 28.8. The molecule has 0 amide bonds. The number of benzene rings is 1. The van der Waals surface area contributed by atoms with E-state index in [-0.39, 0.29) is 12.2 Å². The lowest BCUT2D eigenvalue weighted by molar-refractivity contribution is 0.0937. The fourth-order valence-electron chi connectivity index (χ4n) is 4.71. The predicted molar refractivity (Wildman–Crippen MR) is 155 cm³/mol. The molecule has 1 unspecified atom stereocenters. The minimum Gasteiger partial charge on any atom is -0.495 e. The molecule has 9 heteroatoms. The number of phosphoric ester groups is 1.